The molecule has 3 rings (SSSR count). The fourth-order valence-corrected chi connectivity index (χ4v) is 2.91. The quantitative estimate of drug-likeness (QED) is 0.805. The Kier molecular flexibility index (Phi) is 3.55. The van der Waals surface area contributed by atoms with E-state index in [4.69, 9.17) is 5.11 Å². The molecule has 0 bridgehead atoms. The summed E-state index contributed by atoms with van der Waals surface area (Å²) < 4.78 is 1.65. The molecule has 0 saturated carbocycles. The van der Waals surface area contributed by atoms with Crippen molar-refractivity contribution in [3.8, 4) is 0 Å². The van der Waals surface area contributed by atoms with Crippen LogP contribution in [0.2, 0.25) is 0 Å². The van der Waals surface area contributed by atoms with E-state index in [1.165, 1.54) is 12.1 Å². The lowest BCUT2D eigenvalue weighted by molar-refractivity contribution is -0.116. The van der Waals surface area contributed by atoms with Crippen molar-refractivity contribution in [2.45, 2.75) is 32.2 Å². The van der Waals surface area contributed by atoms with Crippen molar-refractivity contribution in [3.05, 3.63) is 51.3 Å². The Hall–Kier alpha value is -2.83. The monoisotopic (exact) mass is 315 g/mol. The zero-order valence-corrected chi connectivity index (χ0v) is 12.8. The van der Waals surface area contributed by atoms with Gasteiger partial charge in [0.2, 0.25) is 5.91 Å². The number of anilines is 1. The molecule has 1 unspecified atom stereocenters. The Labute approximate surface area is 131 Å². The van der Waals surface area contributed by atoms with Crippen LogP contribution in [0.1, 0.15) is 53.7 Å². The number of rotatable bonds is 3. The molecule has 1 aliphatic rings. The number of hydrogen-bond acceptors (Lipinski definition) is 3. The van der Waals surface area contributed by atoms with Crippen LogP contribution in [0.15, 0.2) is 29.1 Å². The average molecular weight is 315 g/mol. The summed E-state index contributed by atoms with van der Waals surface area (Å²) in [6, 6.07) is 6.28. The molecular weight excluding hydrogens is 298 g/mol. The molecule has 0 radical (unpaired) electrons. The van der Waals surface area contributed by atoms with Crippen molar-refractivity contribution in [2.24, 2.45) is 0 Å². The largest absolute Gasteiger partial charge is 0.478 e. The molecule has 1 aromatic carbocycles. The minimum Gasteiger partial charge on any atom is -0.478 e. The highest BCUT2D eigenvalue weighted by atomic mass is 16.4. The van der Waals surface area contributed by atoms with E-state index < -0.39 is 5.97 Å². The molecular formula is C16H17N3O4. The van der Waals surface area contributed by atoms with E-state index in [0.29, 0.717) is 11.4 Å². The highest BCUT2D eigenvalue weighted by Gasteiger charge is 2.33. The van der Waals surface area contributed by atoms with Crippen LogP contribution in [0.25, 0.3) is 0 Å². The van der Waals surface area contributed by atoms with E-state index in [1.54, 1.807) is 16.8 Å². The van der Waals surface area contributed by atoms with Gasteiger partial charge in [0.25, 0.3) is 5.56 Å². The molecule has 23 heavy (non-hydrogen) atoms. The number of carbonyl (C=O) groups is 2. The molecule has 0 spiro atoms. The molecule has 7 nitrogen and oxygen atoms in total. The maximum absolute atomic E-state index is 12.3. The first-order chi connectivity index (χ1) is 10.9. The number of H-pyrrole nitrogens is 1. The fraction of sp³-hybridized carbons (Fsp3) is 0.312. The first kappa shape index (κ1) is 15.1. The number of aromatic carboxylic acids is 1. The molecule has 2 heterocycles. The molecule has 1 aliphatic heterocycles. The normalized spacial score (nSPS) is 17.0. The van der Waals surface area contributed by atoms with Crippen LogP contribution in [-0.4, -0.2) is 26.8 Å². The summed E-state index contributed by atoms with van der Waals surface area (Å²) in [6.07, 6.45) is 0.157. The number of amides is 1. The van der Waals surface area contributed by atoms with Gasteiger partial charge in [0, 0.05) is 18.4 Å². The maximum atomic E-state index is 12.3. The van der Waals surface area contributed by atoms with Crippen LogP contribution in [0.4, 0.5) is 5.82 Å². The predicted molar refractivity (Wildman–Crippen MR) is 83.9 cm³/mol. The molecule has 1 atom stereocenters. The first-order valence-corrected chi connectivity index (χ1v) is 7.36. The lowest BCUT2D eigenvalue weighted by atomic mass is 9.87. The van der Waals surface area contributed by atoms with Crippen molar-refractivity contribution in [1.29, 1.82) is 0 Å². The number of hydrogen-bond donors (Lipinski definition) is 3. The van der Waals surface area contributed by atoms with E-state index in [0.717, 1.165) is 5.56 Å². The third-order valence-corrected chi connectivity index (χ3v) is 4.03. The molecule has 1 aromatic heterocycles. The third kappa shape index (κ3) is 2.54. The van der Waals surface area contributed by atoms with Crippen LogP contribution >= 0.6 is 0 Å². The summed E-state index contributed by atoms with van der Waals surface area (Å²) in [5.74, 6) is -1.07. The van der Waals surface area contributed by atoms with Crippen LogP contribution in [0, 0.1) is 0 Å². The molecule has 0 aliphatic carbocycles. The Balaban J connectivity index is 2.10. The van der Waals surface area contributed by atoms with E-state index in [-0.39, 0.29) is 35.4 Å². The summed E-state index contributed by atoms with van der Waals surface area (Å²) in [6.45, 7) is 3.82. The van der Waals surface area contributed by atoms with Gasteiger partial charge in [-0.1, -0.05) is 12.1 Å². The number of benzene rings is 1. The Morgan fingerprint density at radius 3 is 2.48 bits per heavy atom. The maximum Gasteiger partial charge on any atom is 0.335 e. The number of nitrogens with zero attached hydrogens (tertiary/aromatic N) is 1. The third-order valence-electron chi connectivity index (χ3n) is 4.03. The number of carboxylic acid groups (broad SMARTS) is 1. The zero-order chi connectivity index (χ0) is 16.7. The van der Waals surface area contributed by atoms with Crippen LogP contribution < -0.4 is 10.9 Å². The number of aromatic amines is 1. The SMILES string of the molecule is CC(C)n1[nH]c(=O)c2c1NC(=O)CC2c1ccc(C(=O)O)cc1. The smallest absolute Gasteiger partial charge is 0.335 e. The van der Waals surface area contributed by atoms with Crippen molar-refractivity contribution in [3.63, 3.8) is 0 Å². The van der Waals surface area contributed by atoms with Crippen LogP contribution in [-0.2, 0) is 4.79 Å². The molecule has 0 saturated heterocycles. The highest BCUT2D eigenvalue weighted by molar-refractivity contribution is 5.94. The summed E-state index contributed by atoms with van der Waals surface area (Å²) >= 11 is 0. The highest BCUT2D eigenvalue weighted by Crippen LogP contribution is 2.35. The van der Waals surface area contributed by atoms with E-state index in [1.807, 2.05) is 13.8 Å². The van der Waals surface area contributed by atoms with Crippen molar-refractivity contribution < 1.29 is 14.7 Å². The summed E-state index contributed by atoms with van der Waals surface area (Å²) in [7, 11) is 0. The number of carboxylic acids is 1. The second-order valence-corrected chi connectivity index (χ2v) is 5.90. The molecule has 3 N–H and O–H groups in total. The van der Waals surface area contributed by atoms with Gasteiger partial charge in [-0.3, -0.25) is 19.4 Å². The number of aromatic nitrogens is 2. The Morgan fingerprint density at radius 1 is 1.26 bits per heavy atom. The van der Waals surface area contributed by atoms with Crippen LogP contribution in [0.5, 0.6) is 0 Å². The standard InChI is InChI=1S/C16H17N3O4/c1-8(2)19-14-13(15(21)18-19)11(7-12(20)17-14)9-3-5-10(6-4-9)16(22)23/h3-6,8,11H,7H2,1-2H3,(H,17,20)(H,18,21)(H,22,23). The lowest BCUT2D eigenvalue weighted by Crippen LogP contribution is -2.27. The molecule has 0 fully saturated rings. The van der Waals surface area contributed by atoms with Crippen LogP contribution in [0.3, 0.4) is 0 Å². The van der Waals surface area contributed by atoms with Crippen molar-refractivity contribution in [1.82, 2.24) is 9.78 Å². The average Bonchev–Trinajstić information content (AvgIpc) is 2.83. The molecule has 120 valence electrons. The van der Waals surface area contributed by atoms with E-state index >= 15 is 0 Å². The lowest BCUT2D eigenvalue weighted by Gasteiger charge is -2.24. The van der Waals surface area contributed by atoms with Gasteiger partial charge in [0.05, 0.1) is 11.1 Å². The zero-order valence-electron chi connectivity index (χ0n) is 12.8. The van der Waals surface area contributed by atoms with Gasteiger partial charge in [-0.15, -0.1) is 0 Å². The molecule has 7 heteroatoms. The van der Waals surface area contributed by atoms with Crippen molar-refractivity contribution in [2.75, 3.05) is 5.32 Å². The van der Waals surface area contributed by atoms with Crippen molar-refractivity contribution >= 4 is 17.7 Å². The van der Waals surface area contributed by atoms with Gasteiger partial charge in [0.1, 0.15) is 5.82 Å². The van der Waals surface area contributed by atoms with Gasteiger partial charge >= 0.3 is 5.97 Å². The molecule has 2 aromatic rings. The van der Waals surface area contributed by atoms with Gasteiger partial charge in [-0.25, -0.2) is 4.79 Å². The number of nitrogens with one attached hydrogen (secondary N) is 2. The second kappa shape index (κ2) is 5.42. The number of fused-ring (bicyclic) bond motifs is 1. The van der Waals surface area contributed by atoms with Gasteiger partial charge in [-0.2, -0.15) is 0 Å². The fourth-order valence-electron chi connectivity index (χ4n) is 2.91. The van der Waals surface area contributed by atoms with Gasteiger partial charge in [-0.05, 0) is 31.5 Å². The topological polar surface area (TPSA) is 104 Å². The minimum absolute atomic E-state index is 0.000105. The first-order valence-electron chi connectivity index (χ1n) is 7.36. The minimum atomic E-state index is -1.01. The van der Waals surface area contributed by atoms with E-state index in [9.17, 15) is 14.4 Å². The van der Waals surface area contributed by atoms with Gasteiger partial charge in [0.15, 0.2) is 0 Å². The van der Waals surface area contributed by atoms with E-state index in [2.05, 4.69) is 10.4 Å². The number of carbonyl (C=O) groups excluding carboxylic acids is 1. The second-order valence-electron chi connectivity index (χ2n) is 5.90. The summed E-state index contributed by atoms with van der Waals surface area (Å²) in [5, 5.41) is 14.5. The molecule has 1 amide bonds. The summed E-state index contributed by atoms with van der Waals surface area (Å²) in [4.78, 5) is 35.3. The predicted octanol–water partition coefficient (Wildman–Crippen LogP) is 1.93. The Bertz CT molecular complexity index is 830. The van der Waals surface area contributed by atoms with Gasteiger partial charge < -0.3 is 10.4 Å². The Morgan fingerprint density at radius 2 is 1.91 bits per heavy atom. The summed E-state index contributed by atoms with van der Waals surface area (Å²) in [5.41, 5.74) is 1.20.